The number of aryl methyl sites for hydroxylation is 2. The molecule has 0 unspecified atom stereocenters. The maximum atomic E-state index is 6.05. The quantitative estimate of drug-likeness (QED) is 0.779. The molecule has 0 saturated carbocycles. The maximum absolute atomic E-state index is 6.05. The third kappa shape index (κ3) is 2.51. The van der Waals surface area contributed by atoms with Crippen molar-refractivity contribution in [2.24, 2.45) is 5.92 Å². The van der Waals surface area contributed by atoms with Crippen LogP contribution in [0.1, 0.15) is 17.7 Å². The monoisotopic (exact) mass is 272 g/mol. The lowest BCUT2D eigenvalue weighted by molar-refractivity contribution is 0.613. The zero-order valence-electron chi connectivity index (χ0n) is 11.9. The molecule has 2 aromatic heterocycles. The van der Waals surface area contributed by atoms with Crippen LogP contribution in [0, 0.1) is 19.8 Å². The summed E-state index contributed by atoms with van der Waals surface area (Å²) in [5.41, 5.74) is 8.73. The number of anilines is 2. The van der Waals surface area contributed by atoms with Crippen molar-refractivity contribution in [1.29, 1.82) is 0 Å². The van der Waals surface area contributed by atoms with Crippen molar-refractivity contribution >= 4 is 22.8 Å². The van der Waals surface area contributed by atoms with E-state index in [1.54, 1.807) is 0 Å². The van der Waals surface area contributed by atoms with Crippen molar-refractivity contribution in [3.8, 4) is 0 Å². The van der Waals surface area contributed by atoms with E-state index in [9.17, 15) is 0 Å². The van der Waals surface area contributed by atoms with Gasteiger partial charge < -0.3 is 16.4 Å². The van der Waals surface area contributed by atoms with Crippen LogP contribution in [0.3, 0.4) is 0 Å². The van der Waals surface area contributed by atoms with E-state index in [1.807, 2.05) is 19.9 Å². The van der Waals surface area contributed by atoms with Crippen LogP contribution in [0.5, 0.6) is 0 Å². The Morgan fingerprint density at radius 1 is 1.35 bits per heavy atom. The molecule has 1 atom stereocenters. The number of nitrogens with one attached hydrogen (secondary N) is 2. The smallest absolute Gasteiger partial charge is 0.226 e. The Kier molecular flexibility index (Phi) is 3.40. The largest absolute Gasteiger partial charge is 0.383 e. The van der Waals surface area contributed by atoms with E-state index in [4.69, 9.17) is 5.73 Å². The molecule has 3 rings (SSSR count). The van der Waals surface area contributed by atoms with Crippen molar-refractivity contribution in [3.05, 3.63) is 17.3 Å². The molecule has 2 aromatic rings. The average molecular weight is 272 g/mol. The molecule has 1 fully saturated rings. The first-order valence-electron chi connectivity index (χ1n) is 6.99. The first kappa shape index (κ1) is 13.1. The third-order valence-electron chi connectivity index (χ3n) is 3.73. The first-order chi connectivity index (χ1) is 9.63. The fourth-order valence-corrected chi connectivity index (χ4v) is 2.71. The number of nitrogens with two attached hydrogens (primary N) is 1. The van der Waals surface area contributed by atoms with Crippen LogP contribution in [0.15, 0.2) is 6.07 Å². The number of aromatic nitrogens is 3. The molecular weight excluding hydrogens is 252 g/mol. The van der Waals surface area contributed by atoms with Crippen LogP contribution < -0.4 is 16.4 Å². The average Bonchev–Trinajstić information content (AvgIpc) is 2.88. The fourth-order valence-electron chi connectivity index (χ4n) is 2.71. The van der Waals surface area contributed by atoms with E-state index in [0.717, 1.165) is 36.3 Å². The van der Waals surface area contributed by atoms with Crippen LogP contribution in [-0.4, -0.2) is 34.6 Å². The molecule has 0 spiro atoms. The summed E-state index contributed by atoms with van der Waals surface area (Å²) < 4.78 is 0. The lowest BCUT2D eigenvalue weighted by atomic mass is 10.1. The predicted molar refractivity (Wildman–Crippen MR) is 80.7 cm³/mol. The number of nitrogens with zero attached hydrogens (tertiary/aromatic N) is 3. The minimum atomic E-state index is 0.493. The van der Waals surface area contributed by atoms with Gasteiger partial charge in [-0.05, 0) is 50.9 Å². The molecule has 0 bridgehead atoms. The van der Waals surface area contributed by atoms with E-state index in [1.165, 1.54) is 6.42 Å². The predicted octanol–water partition coefficient (Wildman–Crippen LogP) is 1.25. The lowest BCUT2D eigenvalue weighted by Gasteiger charge is -2.12. The van der Waals surface area contributed by atoms with Gasteiger partial charge in [0.1, 0.15) is 5.82 Å². The number of pyridine rings is 1. The Labute approximate surface area is 118 Å². The van der Waals surface area contributed by atoms with E-state index >= 15 is 0 Å². The van der Waals surface area contributed by atoms with Gasteiger partial charge in [-0.25, -0.2) is 4.98 Å². The number of nitrogen functional groups attached to an aromatic ring is 1. The summed E-state index contributed by atoms with van der Waals surface area (Å²) in [6.07, 6.45) is 1.19. The molecule has 6 nitrogen and oxygen atoms in total. The minimum Gasteiger partial charge on any atom is -0.383 e. The second-order valence-electron chi connectivity index (χ2n) is 5.45. The van der Waals surface area contributed by atoms with Crippen molar-refractivity contribution in [1.82, 2.24) is 20.3 Å². The van der Waals surface area contributed by atoms with Gasteiger partial charge in [0.15, 0.2) is 5.65 Å². The molecular formula is C14H20N6. The lowest BCUT2D eigenvalue weighted by Crippen LogP contribution is -2.18. The van der Waals surface area contributed by atoms with Crippen molar-refractivity contribution in [2.75, 3.05) is 30.7 Å². The molecule has 20 heavy (non-hydrogen) atoms. The Balaban J connectivity index is 1.88. The Morgan fingerprint density at radius 3 is 2.95 bits per heavy atom. The molecule has 3 heterocycles. The Hall–Kier alpha value is -1.95. The zero-order valence-corrected chi connectivity index (χ0v) is 11.9. The number of rotatable bonds is 3. The molecule has 106 valence electrons. The molecule has 6 heteroatoms. The molecule has 0 aromatic carbocycles. The van der Waals surface area contributed by atoms with Gasteiger partial charge in [0.05, 0.1) is 5.39 Å². The summed E-state index contributed by atoms with van der Waals surface area (Å²) >= 11 is 0. The first-order valence-corrected chi connectivity index (χ1v) is 6.99. The van der Waals surface area contributed by atoms with E-state index in [-0.39, 0.29) is 0 Å². The van der Waals surface area contributed by atoms with Gasteiger partial charge in [-0.3, -0.25) is 0 Å². The summed E-state index contributed by atoms with van der Waals surface area (Å²) in [5, 5.41) is 7.47. The van der Waals surface area contributed by atoms with Crippen LogP contribution in [0.25, 0.3) is 11.0 Å². The van der Waals surface area contributed by atoms with Gasteiger partial charge in [0.2, 0.25) is 5.95 Å². The third-order valence-corrected chi connectivity index (χ3v) is 3.73. The van der Waals surface area contributed by atoms with Crippen molar-refractivity contribution in [3.63, 3.8) is 0 Å². The van der Waals surface area contributed by atoms with Crippen LogP contribution in [0.4, 0.5) is 11.8 Å². The molecule has 0 radical (unpaired) electrons. The number of fused-ring (bicyclic) bond motifs is 1. The van der Waals surface area contributed by atoms with Crippen LogP contribution in [0.2, 0.25) is 0 Å². The highest BCUT2D eigenvalue weighted by Crippen LogP contribution is 2.22. The number of hydrogen-bond donors (Lipinski definition) is 3. The summed E-state index contributed by atoms with van der Waals surface area (Å²) in [4.78, 5) is 13.3. The molecule has 1 aliphatic rings. The molecule has 1 saturated heterocycles. The zero-order chi connectivity index (χ0) is 14.1. The number of hydrogen-bond acceptors (Lipinski definition) is 6. The van der Waals surface area contributed by atoms with E-state index in [2.05, 4.69) is 25.6 Å². The van der Waals surface area contributed by atoms with Gasteiger partial charge in [-0.1, -0.05) is 0 Å². The van der Waals surface area contributed by atoms with E-state index in [0.29, 0.717) is 23.3 Å². The fraction of sp³-hybridized carbons (Fsp3) is 0.500. The highest BCUT2D eigenvalue weighted by Gasteiger charge is 2.15. The maximum Gasteiger partial charge on any atom is 0.226 e. The van der Waals surface area contributed by atoms with Gasteiger partial charge in [-0.2, -0.15) is 9.97 Å². The topological polar surface area (TPSA) is 88.8 Å². The van der Waals surface area contributed by atoms with Gasteiger partial charge in [0.25, 0.3) is 0 Å². The SMILES string of the molecule is Cc1cc(C)c2c(N)nc(NC[C@@H]3CCNC3)nc2n1. The van der Waals surface area contributed by atoms with Gasteiger partial charge in [0, 0.05) is 12.2 Å². The van der Waals surface area contributed by atoms with Crippen LogP contribution >= 0.6 is 0 Å². The van der Waals surface area contributed by atoms with Crippen molar-refractivity contribution < 1.29 is 0 Å². The molecule has 0 aliphatic carbocycles. The van der Waals surface area contributed by atoms with Gasteiger partial charge in [-0.15, -0.1) is 0 Å². The second kappa shape index (κ2) is 5.20. The Bertz CT molecular complexity index is 633. The minimum absolute atomic E-state index is 0.493. The van der Waals surface area contributed by atoms with E-state index < -0.39 is 0 Å². The van der Waals surface area contributed by atoms with Gasteiger partial charge >= 0.3 is 0 Å². The summed E-state index contributed by atoms with van der Waals surface area (Å²) in [6.45, 7) is 6.97. The Morgan fingerprint density at radius 2 is 2.20 bits per heavy atom. The standard InChI is InChI=1S/C14H20N6/c1-8-5-9(2)18-13-11(8)12(15)19-14(20-13)17-7-10-3-4-16-6-10/h5,10,16H,3-4,6-7H2,1-2H3,(H3,15,17,18,19,20)/t10-/m1/s1. The highest BCUT2D eigenvalue weighted by atomic mass is 15.1. The normalized spacial score (nSPS) is 18.6. The summed E-state index contributed by atoms with van der Waals surface area (Å²) in [6, 6.07) is 2.00. The molecule has 4 N–H and O–H groups in total. The summed E-state index contributed by atoms with van der Waals surface area (Å²) in [7, 11) is 0. The summed E-state index contributed by atoms with van der Waals surface area (Å²) in [5.74, 6) is 1.69. The second-order valence-corrected chi connectivity index (χ2v) is 5.45. The molecule has 0 amide bonds. The van der Waals surface area contributed by atoms with Crippen LogP contribution in [-0.2, 0) is 0 Å². The highest BCUT2D eigenvalue weighted by molar-refractivity contribution is 5.89. The molecule has 1 aliphatic heterocycles. The van der Waals surface area contributed by atoms with Crippen molar-refractivity contribution in [2.45, 2.75) is 20.3 Å².